The van der Waals surface area contributed by atoms with E-state index in [2.05, 4.69) is 15.6 Å². The number of fused-ring (bicyclic) bond motifs is 1. The van der Waals surface area contributed by atoms with E-state index in [0.29, 0.717) is 12.1 Å². The fourth-order valence-corrected chi connectivity index (χ4v) is 3.01. The van der Waals surface area contributed by atoms with Crippen LogP contribution in [0, 0.1) is 6.92 Å². The van der Waals surface area contributed by atoms with Gasteiger partial charge in [0.15, 0.2) is 0 Å². The number of rotatable bonds is 3. The lowest BCUT2D eigenvalue weighted by Gasteiger charge is -2.21. The molecular formula is C20H18N4O. The molecule has 0 fully saturated rings. The highest BCUT2D eigenvalue weighted by atomic mass is 16.1. The van der Waals surface area contributed by atoms with Crippen LogP contribution >= 0.6 is 0 Å². The van der Waals surface area contributed by atoms with Crippen molar-refractivity contribution in [3.05, 3.63) is 71.7 Å². The number of nitrogens with one attached hydrogen (secondary N) is 2. The van der Waals surface area contributed by atoms with Crippen molar-refractivity contribution in [2.45, 2.75) is 13.3 Å². The van der Waals surface area contributed by atoms with Gasteiger partial charge in [-0.1, -0.05) is 30.3 Å². The van der Waals surface area contributed by atoms with Crippen molar-refractivity contribution in [1.29, 1.82) is 0 Å². The van der Waals surface area contributed by atoms with Crippen LogP contribution < -0.4 is 10.6 Å². The summed E-state index contributed by atoms with van der Waals surface area (Å²) in [5.74, 6) is -0.0857. The Morgan fingerprint density at radius 2 is 1.96 bits per heavy atom. The first-order valence-corrected chi connectivity index (χ1v) is 8.27. The maximum absolute atomic E-state index is 12.4. The number of carbonyl (C=O) groups is 1. The van der Waals surface area contributed by atoms with Gasteiger partial charge in [-0.05, 0) is 24.6 Å². The highest BCUT2D eigenvalue weighted by Gasteiger charge is 2.23. The van der Waals surface area contributed by atoms with Crippen molar-refractivity contribution in [1.82, 2.24) is 15.3 Å². The third-order valence-electron chi connectivity index (χ3n) is 4.35. The van der Waals surface area contributed by atoms with Crippen LogP contribution in [0.4, 0.5) is 11.4 Å². The smallest absolute Gasteiger partial charge is 0.255 e. The molecule has 0 saturated carbocycles. The van der Waals surface area contributed by atoms with Gasteiger partial charge >= 0.3 is 0 Å². The lowest BCUT2D eigenvalue weighted by atomic mass is 10.0. The summed E-state index contributed by atoms with van der Waals surface area (Å²) in [6, 6.07) is 13.9. The van der Waals surface area contributed by atoms with E-state index in [1.165, 1.54) is 0 Å². The summed E-state index contributed by atoms with van der Waals surface area (Å²) < 4.78 is 0. The van der Waals surface area contributed by atoms with Crippen LogP contribution in [0.5, 0.6) is 0 Å². The molecule has 124 valence electrons. The Labute approximate surface area is 146 Å². The number of aryl methyl sites for hydroxylation is 1. The number of carbonyl (C=O) groups excluding carboxylic acids is 1. The molecule has 0 radical (unpaired) electrons. The van der Waals surface area contributed by atoms with Crippen molar-refractivity contribution in [3.63, 3.8) is 0 Å². The van der Waals surface area contributed by atoms with E-state index in [4.69, 9.17) is 4.98 Å². The normalized spacial score (nSPS) is 13.1. The van der Waals surface area contributed by atoms with E-state index in [0.717, 1.165) is 40.3 Å². The molecule has 1 aromatic carbocycles. The Bertz CT molecular complexity index is 938. The maximum atomic E-state index is 12.4. The third kappa shape index (κ3) is 2.96. The molecule has 1 aliphatic heterocycles. The standard InChI is InChI=1S/C20H18N4O/c1-13-7-9-21-12-18(13)24-17-11-16(14-5-3-2-4-6-14)23-15-8-10-22-20(25)19(15)17/h2-7,9,11-12H,8,10H2,1H3,(H,22,25)(H,23,24). The summed E-state index contributed by atoms with van der Waals surface area (Å²) in [6.45, 7) is 2.62. The summed E-state index contributed by atoms with van der Waals surface area (Å²) in [5.41, 5.74) is 6.05. The fraction of sp³-hybridized carbons (Fsp3) is 0.150. The Balaban J connectivity index is 1.86. The van der Waals surface area contributed by atoms with E-state index >= 15 is 0 Å². The van der Waals surface area contributed by atoms with Gasteiger partial charge in [0.1, 0.15) is 0 Å². The van der Waals surface area contributed by atoms with Crippen molar-refractivity contribution in [2.24, 2.45) is 0 Å². The molecule has 1 amide bonds. The highest BCUT2D eigenvalue weighted by molar-refractivity contribution is 6.03. The SMILES string of the molecule is Cc1ccncc1Nc1cc(-c2ccccc2)nc2c1C(=O)NCC2. The molecule has 2 N–H and O–H groups in total. The average Bonchev–Trinajstić information content (AvgIpc) is 2.64. The summed E-state index contributed by atoms with van der Waals surface area (Å²) in [5, 5.41) is 6.28. The van der Waals surface area contributed by atoms with Gasteiger partial charge in [-0.2, -0.15) is 0 Å². The second-order valence-corrected chi connectivity index (χ2v) is 6.06. The van der Waals surface area contributed by atoms with E-state index in [-0.39, 0.29) is 5.91 Å². The minimum Gasteiger partial charge on any atom is -0.353 e. The molecule has 0 atom stereocenters. The predicted octanol–water partition coefficient (Wildman–Crippen LogP) is 3.48. The zero-order valence-electron chi connectivity index (χ0n) is 13.9. The molecule has 5 heteroatoms. The first-order valence-electron chi connectivity index (χ1n) is 8.27. The molecule has 1 aliphatic rings. The second-order valence-electron chi connectivity index (χ2n) is 6.06. The van der Waals surface area contributed by atoms with Gasteiger partial charge in [0.2, 0.25) is 0 Å². The maximum Gasteiger partial charge on any atom is 0.255 e. The first-order chi connectivity index (χ1) is 12.2. The quantitative estimate of drug-likeness (QED) is 0.771. The van der Waals surface area contributed by atoms with Crippen LogP contribution in [0.1, 0.15) is 21.6 Å². The van der Waals surface area contributed by atoms with Crippen molar-refractivity contribution in [3.8, 4) is 11.3 Å². The second kappa shape index (κ2) is 6.36. The van der Waals surface area contributed by atoms with Crippen molar-refractivity contribution in [2.75, 3.05) is 11.9 Å². The molecule has 5 nitrogen and oxygen atoms in total. The van der Waals surface area contributed by atoms with Gasteiger partial charge < -0.3 is 10.6 Å². The molecule has 0 bridgehead atoms. The van der Waals surface area contributed by atoms with Gasteiger partial charge in [-0.3, -0.25) is 14.8 Å². The van der Waals surface area contributed by atoms with Gasteiger partial charge in [0.25, 0.3) is 5.91 Å². The molecule has 2 aromatic heterocycles. The van der Waals surface area contributed by atoms with Crippen LogP contribution in [-0.2, 0) is 6.42 Å². The summed E-state index contributed by atoms with van der Waals surface area (Å²) in [6.07, 6.45) is 4.25. The van der Waals surface area contributed by atoms with Crippen molar-refractivity contribution < 1.29 is 4.79 Å². The Kier molecular flexibility index (Phi) is 3.90. The van der Waals surface area contributed by atoms with E-state index in [9.17, 15) is 4.79 Å². The highest BCUT2D eigenvalue weighted by Crippen LogP contribution is 2.30. The topological polar surface area (TPSA) is 66.9 Å². The molecule has 4 rings (SSSR count). The molecule has 0 unspecified atom stereocenters. The number of benzene rings is 1. The lowest BCUT2D eigenvalue weighted by Crippen LogP contribution is -2.33. The van der Waals surface area contributed by atoms with Crippen LogP contribution in [0.2, 0.25) is 0 Å². The minimum absolute atomic E-state index is 0.0857. The largest absolute Gasteiger partial charge is 0.353 e. The number of pyridine rings is 2. The number of hydrogen-bond donors (Lipinski definition) is 2. The monoisotopic (exact) mass is 330 g/mol. The van der Waals surface area contributed by atoms with Crippen LogP contribution in [0.15, 0.2) is 54.9 Å². The Morgan fingerprint density at radius 1 is 1.12 bits per heavy atom. The molecule has 3 heterocycles. The summed E-state index contributed by atoms with van der Waals surface area (Å²) in [4.78, 5) is 21.3. The Morgan fingerprint density at radius 3 is 2.76 bits per heavy atom. The molecule has 0 spiro atoms. The number of nitrogens with zero attached hydrogens (tertiary/aromatic N) is 2. The molecule has 0 aliphatic carbocycles. The van der Waals surface area contributed by atoms with Gasteiger partial charge in [-0.15, -0.1) is 0 Å². The van der Waals surface area contributed by atoms with E-state index in [1.807, 2.05) is 49.4 Å². The molecule has 0 saturated heterocycles. The summed E-state index contributed by atoms with van der Waals surface area (Å²) >= 11 is 0. The van der Waals surface area contributed by atoms with Crippen LogP contribution in [0.3, 0.4) is 0 Å². The molecule has 25 heavy (non-hydrogen) atoms. The van der Waals surface area contributed by atoms with Gasteiger partial charge in [0.05, 0.1) is 34.5 Å². The van der Waals surface area contributed by atoms with Gasteiger partial charge in [0, 0.05) is 24.7 Å². The first kappa shape index (κ1) is 15.3. The zero-order valence-corrected chi connectivity index (χ0v) is 13.9. The predicted molar refractivity (Wildman–Crippen MR) is 98.0 cm³/mol. The van der Waals surface area contributed by atoms with Crippen molar-refractivity contribution >= 4 is 17.3 Å². The molecule has 3 aromatic rings. The molecular weight excluding hydrogens is 312 g/mol. The number of aromatic nitrogens is 2. The van der Waals surface area contributed by atoms with E-state index < -0.39 is 0 Å². The zero-order chi connectivity index (χ0) is 17.2. The number of amides is 1. The van der Waals surface area contributed by atoms with Crippen LogP contribution in [0.25, 0.3) is 11.3 Å². The minimum atomic E-state index is -0.0857. The van der Waals surface area contributed by atoms with E-state index in [1.54, 1.807) is 12.4 Å². The Hall–Kier alpha value is -3.21. The lowest BCUT2D eigenvalue weighted by molar-refractivity contribution is 0.0946. The average molecular weight is 330 g/mol. The number of anilines is 2. The number of hydrogen-bond acceptors (Lipinski definition) is 4. The fourth-order valence-electron chi connectivity index (χ4n) is 3.01. The summed E-state index contributed by atoms with van der Waals surface area (Å²) in [7, 11) is 0. The third-order valence-corrected chi connectivity index (χ3v) is 4.35. The van der Waals surface area contributed by atoms with Crippen LogP contribution in [-0.4, -0.2) is 22.4 Å². The van der Waals surface area contributed by atoms with Gasteiger partial charge in [-0.25, -0.2) is 0 Å².